The van der Waals surface area contributed by atoms with Crippen LogP contribution in [0.5, 0.6) is 0 Å². The maximum absolute atomic E-state index is 11.3. The average molecular weight is 279 g/mol. The van der Waals surface area contributed by atoms with Crippen molar-refractivity contribution in [3.63, 3.8) is 0 Å². The lowest BCUT2D eigenvalue weighted by molar-refractivity contribution is -0.144. The molecule has 1 saturated heterocycles. The van der Waals surface area contributed by atoms with E-state index in [-0.39, 0.29) is 6.04 Å². The molecule has 1 aromatic rings. The third-order valence-corrected chi connectivity index (χ3v) is 4.24. The van der Waals surface area contributed by atoms with E-state index in [4.69, 9.17) is 0 Å². The Balaban J connectivity index is 2.03. The number of piperidine rings is 1. The van der Waals surface area contributed by atoms with Gasteiger partial charge in [-0.2, -0.15) is 5.10 Å². The van der Waals surface area contributed by atoms with Crippen molar-refractivity contribution in [2.75, 3.05) is 6.54 Å². The first kappa shape index (κ1) is 15.0. The number of carbonyl (C=O) groups is 1. The Morgan fingerprint density at radius 3 is 2.85 bits per heavy atom. The van der Waals surface area contributed by atoms with Gasteiger partial charge >= 0.3 is 5.97 Å². The summed E-state index contributed by atoms with van der Waals surface area (Å²) < 4.78 is 2.02. The SMILES string of the molecule is CCC(CC)n1ccc(CN2CCCCC2C(=O)O)n1. The van der Waals surface area contributed by atoms with Crippen molar-refractivity contribution >= 4 is 5.97 Å². The van der Waals surface area contributed by atoms with E-state index in [1.807, 2.05) is 21.8 Å². The Bertz CT molecular complexity index is 440. The van der Waals surface area contributed by atoms with Crippen LogP contribution in [0, 0.1) is 0 Å². The third-order valence-electron chi connectivity index (χ3n) is 4.24. The number of aliphatic carboxylic acids is 1. The summed E-state index contributed by atoms with van der Waals surface area (Å²) in [5.41, 5.74) is 0.977. The van der Waals surface area contributed by atoms with Gasteiger partial charge in [-0.3, -0.25) is 14.4 Å². The standard InChI is InChI=1S/C15H25N3O2/c1-3-13(4-2)18-10-8-12(16-18)11-17-9-6-5-7-14(17)15(19)20/h8,10,13-14H,3-7,9,11H2,1-2H3,(H,19,20). The second kappa shape index (κ2) is 6.88. The predicted molar refractivity (Wildman–Crippen MR) is 77.5 cm³/mol. The fourth-order valence-electron chi connectivity index (χ4n) is 3.00. The van der Waals surface area contributed by atoms with Crippen molar-refractivity contribution in [1.29, 1.82) is 0 Å². The molecule has 1 atom stereocenters. The van der Waals surface area contributed by atoms with Crippen LogP contribution in [0.3, 0.4) is 0 Å². The van der Waals surface area contributed by atoms with Gasteiger partial charge in [-0.05, 0) is 38.3 Å². The second-order valence-electron chi connectivity index (χ2n) is 5.58. The lowest BCUT2D eigenvalue weighted by Gasteiger charge is -2.32. The minimum absolute atomic E-state index is 0.345. The molecule has 0 spiro atoms. The molecule has 2 rings (SSSR count). The smallest absolute Gasteiger partial charge is 0.320 e. The number of hydrogen-bond donors (Lipinski definition) is 1. The Morgan fingerprint density at radius 1 is 1.45 bits per heavy atom. The van der Waals surface area contributed by atoms with Crippen LogP contribution in [-0.2, 0) is 11.3 Å². The van der Waals surface area contributed by atoms with Crippen LogP contribution in [0.15, 0.2) is 12.3 Å². The predicted octanol–water partition coefficient (Wildman–Crippen LogP) is 2.68. The highest BCUT2D eigenvalue weighted by Crippen LogP contribution is 2.20. The molecule has 0 saturated carbocycles. The Labute approximate surface area is 120 Å². The zero-order valence-electron chi connectivity index (χ0n) is 12.5. The molecule has 5 nitrogen and oxygen atoms in total. The van der Waals surface area contributed by atoms with Crippen molar-refractivity contribution in [3.05, 3.63) is 18.0 Å². The second-order valence-corrected chi connectivity index (χ2v) is 5.58. The first-order valence-corrected chi connectivity index (χ1v) is 7.66. The van der Waals surface area contributed by atoms with E-state index in [9.17, 15) is 9.90 Å². The molecule has 1 aliphatic rings. The van der Waals surface area contributed by atoms with Crippen LogP contribution in [0.1, 0.15) is 57.7 Å². The summed E-state index contributed by atoms with van der Waals surface area (Å²) in [5, 5.41) is 13.9. The number of carboxylic acid groups (broad SMARTS) is 1. The highest BCUT2D eigenvalue weighted by Gasteiger charge is 2.28. The highest BCUT2D eigenvalue weighted by molar-refractivity contribution is 5.73. The summed E-state index contributed by atoms with van der Waals surface area (Å²) >= 11 is 0. The number of aromatic nitrogens is 2. The van der Waals surface area contributed by atoms with E-state index in [0.29, 0.717) is 12.6 Å². The topological polar surface area (TPSA) is 58.4 Å². The molecule has 1 N–H and O–H groups in total. The number of likely N-dealkylation sites (tertiary alicyclic amines) is 1. The summed E-state index contributed by atoms with van der Waals surface area (Å²) in [6, 6.07) is 2.12. The Morgan fingerprint density at radius 2 is 2.20 bits per heavy atom. The van der Waals surface area contributed by atoms with E-state index in [1.165, 1.54) is 0 Å². The fourth-order valence-corrected chi connectivity index (χ4v) is 3.00. The molecule has 0 amide bonds. The lowest BCUT2D eigenvalue weighted by atomic mass is 10.0. The molecule has 2 heterocycles. The minimum Gasteiger partial charge on any atom is -0.480 e. The van der Waals surface area contributed by atoms with Crippen molar-refractivity contribution in [2.45, 2.75) is 64.6 Å². The zero-order valence-corrected chi connectivity index (χ0v) is 12.5. The molecule has 1 aliphatic heterocycles. The van der Waals surface area contributed by atoms with Gasteiger partial charge in [0.1, 0.15) is 6.04 Å². The number of carboxylic acids is 1. The maximum Gasteiger partial charge on any atom is 0.320 e. The molecular weight excluding hydrogens is 254 g/mol. The summed E-state index contributed by atoms with van der Waals surface area (Å²) in [6.07, 6.45) is 7.00. The van der Waals surface area contributed by atoms with Crippen molar-refractivity contribution < 1.29 is 9.90 Å². The molecule has 1 fully saturated rings. The first-order valence-electron chi connectivity index (χ1n) is 7.66. The number of nitrogens with zero attached hydrogens (tertiary/aromatic N) is 3. The summed E-state index contributed by atoms with van der Waals surface area (Å²) in [6.45, 7) is 5.83. The third kappa shape index (κ3) is 3.39. The average Bonchev–Trinajstić information content (AvgIpc) is 2.89. The van der Waals surface area contributed by atoms with Gasteiger partial charge in [0.15, 0.2) is 0 Å². The van der Waals surface area contributed by atoms with Crippen molar-refractivity contribution in [2.24, 2.45) is 0 Å². The monoisotopic (exact) mass is 279 g/mol. The van der Waals surface area contributed by atoms with Crippen LogP contribution < -0.4 is 0 Å². The van der Waals surface area contributed by atoms with E-state index >= 15 is 0 Å². The van der Waals surface area contributed by atoms with Gasteiger partial charge in [0.05, 0.1) is 11.7 Å². The molecule has 0 radical (unpaired) electrons. The summed E-state index contributed by atoms with van der Waals surface area (Å²) in [7, 11) is 0. The molecule has 0 bridgehead atoms. The van der Waals surface area contributed by atoms with Crippen LogP contribution in [0.2, 0.25) is 0 Å². The van der Waals surface area contributed by atoms with E-state index in [2.05, 4.69) is 18.9 Å². The molecule has 112 valence electrons. The molecule has 1 aromatic heterocycles. The van der Waals surface area contributed by atoms with Gasteiger partial charge in [-0.25, -0.2) is 0 Å². The Kier molecular flexibility index (Phi) is 5.17. The maximum atomic E-state index is 11.3. The minimum atomic E-state index is -0.705. The lowest BCUT2D eigenvalue weighted by Crippen LogP contribution is -2.44. The summed E-state index contributed by atoms with van der Waals surface area (Å²) in [4.78, 5) is 13.3. The fraction of sp³-hybridized carbons (Fsp3) is 0.733. The number of rotatable bonds is 6. The van der Waals surface area contributed by atoms with Crippen LogP contribution in [0.4, 0.5) is 0 Å². The van der Waals surface area contributed by atoms with Gasteiger partial charge < -0.3 is 5.11 Å². The van der Waals surface area contributed by atoms with Gasteiger partial charge in [-0.15, -0.1) is 0 Å². The van der Waals surface area contributed by atoms with Crippen molar-refractivity contribution in [1.82, 2.24) is 14.7 Å². The molecule has 0 aliphatic carbocycles. The van der Waals surface area contributed by atoms with Gasteiger partial charge in [0.25, 0.3) is 0 Å². The molecule has 1 unspecified atom stereocenters. The zero-order chi connectivity index (χ0) is 14.5. The van der Waals surface area contributed by atoms with Crippen LogP contribution >= 0.6 is 0 Å². The van der Waals surface area contributed by atoms with Gasteiger partial charge in [-0.1, -0.05) is 20.3 Å². The number of hydrogen-bond acceptors (Lipinski definition) is 3. The van der Waals surface area contributed by atoms with E-state index in [0.717, 1.165) is 44.3 Å². The quantitative estimate of drug-likeness (QED) is 0.869. The normalized spacial score (nSPS) is 20.4. The van der Waals surface area contributed by atoms with Crippen LogP contribution in [-0.4, -0.2) is 38.3 Å². The van der Waals surface area contributed by atoms with E-state index < -0.39 is 5.97 Å². The van der Waals surface area contributed by atoms with E-state index in [1.54, 1.807) is 0 Å². The molecular formula is C15H25N3O2. The summed E-state index contributed by atoms with van der Waals surface area (Å²) in [5.74, 6) is -0.705. The van der Waals surface area contributed by atoms with Crippen LogP contribution in [0.25, 0.3) is 0 Å². The molecule has 0 aromatic carbocycles. The highest BCUT2D eigenvalue weighted by atomic mass is 16.4. The molecule has 5 heteroatoms. The van der Waals surface area contributed by atoms with Gasteiger partial charge in [0, 0.05) is 12.7 Å². The Hall–Kier alpha value is -1.36. The molecule has 20 heavy (non-hydrogen) atoms. The van der Waals surface area contributed by atoms with Gasteiger partial charge in [0.2, 0.25) is 0 Å². The first-order chi connectivity index (χ1) is 9.65. The van der Waals surface area contributed by atoms with Crippen molar-refractivity contribution in [3.8, 4) is 0 Å². The largest absolute Gasteiger partial charge is 0.480 e.